The first-order valence-electron chi connectivity index (χ1n) is 5.33. The lowest BCUT2D eigenvalue weighted by Gasteiger charge is -2.06. The van der Waals surface area contributed by atoms with Crippen LogP contribution in [-0.2, 0) is 0 Å². The molecule has 0 spiro atoms. The molecule has 1 aromatic carbocycles. The highest BCUT2D eigenvalue weighted by molar-refractivity contribution is 5.60. The van der Waals surface area contributed by atoms with Crippen LogP contribution in [0.2, 0.25) is 0 Å². The molecule has 1 N–H and O–H groups in total. The largest absolute Gasteiger partial charge is 0.323 e. The van der Waals surface area contributed by atoms with Gasteiger partial charge in [0, 0.05) is 11.3 Å². The smallest absolute Gasteiger partial charge is 0.274 e. The van der Waals surface area contributed by atoms with Gasteiger partial charge in [0.1, 0.15) is 11.5 Å². The molecule has 3 nitrogen and oxygen atoms in total. The predicted octanol–water partition coefficient (Wildman–Crippen LogP) is 2.50. The zero-order valence-corrected chi connectivity index (χ0v) is 9.97. The van der Waals surface area contributed by atoms with Gasteiger partial charge < -0.3 is 4.98 Å². The van der Waals surface area contributed by atoms with E-state index in [1.54, 1.807) is 26.0 Å². The first-order chi connectivity index (χ1) is 7.99. The Kier molecular flexibility index (Phi) is 2.79. The molecule has 2 rings (SSSR count). The van der Waals surface area contributed by atoms with Gasteiger partial charge in [-0.05, 0) is 32.9 Å². The second kappa shape index (κ2) is 4.13. The Balaban J connectivity index is 2.72. The third-order valence-corrected chi connectivity index (χ3v) is 2.72. The van der Waals surface area contributed by atoms with E-state index in [9.17, 15) is 9.18 Å². The van der Waals surface area contributed by atoms with Crippen LogP contribution in [0.5, 0.6) is 0 Å². The van der Waals surface area contributed by atoms with E-state index < -0.39 is 5.82 Å². The third kappa shape index (κ3) is 2.11. The first kappa shape index (κ1) is 11.5. The summed E-state index contributed by atoms with van der Waals surface area (Å²) in [6.07, 6.45) is 0. The van der Waals surface area contributed by atoms with Crippen molar-refractivity contribution in [2.24, 2.45) is 0 Å². The van der Waals surface area contributed by atoms with Crippen LogP contribution in [0.1, 0.15) is 17.0 Å². The molecule has 0 atom stereocenters. The quantitative estimate of drug-likeness (QED) is 0.821. The Morgan fingerprint density at radius 1 is 1.24 bits per heavy atom. The van der Waals surface area contributed by atoms with Crippen molar-refractivity contribution < 1.29 is 4.39 Å². The molecule has 1 heterocycles. The van der Waals surface area contributed by atoms with Crippen LogP contribution in [0.15, 0.2) is 23.0 Å². The molecule has 0 aliphatic carbocycles. The molecule has 0 radical (unpaired) electrons. The van der Waals surface area contributed by atoms with Gasteiger partial charge in [-0.25, -0.2) is 9.37 Å². The summed E-state index contributed by atoms with van der Waals surface area (Å²) >= 11 is 0. The molecule has 88 valence electrons. The van der Waals surface area contributed by atoms with Crippen molar-refractivity contribution in [1.82, 2.24) is 9.97 Å². The minimum Gasteiger partial charge on any atom is -0.323 e. The van der Waals surface area contributed by atoms with Crippen molar-refractivity contribution in [3.63, 3.8) is 0 Å². The molecule has 0 saturated heterocycles. The molecule has 0 fully saturated rings. The number of aromatic amines is 1. The Morgan fingerprint density at radius 3 is 2.65 bits per heavy atom. The number of nitrogens with zero attached hydrogens (tertiary/aromatic N) is 1. The van der Waals surface area contributed by atoms with Crippen molar-refractivity contribution in [2.45, 2.75) is 20.8 Å². The fourth-order valence-corrected chi connectivity index (χ4v) is 1.63. The number of nitrogens with one attached hydrogen (secondary N) is 1. The van der Waals surface area contributed by atoms with Crippen molar-refractivity contribution >= 4 is 0 Å². The van der Waals surface area contributed by atoms with E-state index in [-0.39, 0.29) is 16.8 Å². The van der Waals surface area contributed by atoms with Gasteiger partial charge in [-0.3, -0.25) is 4.79 Å². The van der Waals surface area contributed by atoms with Gasteiger partial charge in [0.25, 0.3) is 5.56 Å². The van der Waals surface area contributed by atoms with Crippen molar-refractivity contribution in [3.05, 3.63) is 51.3 Å². The Labute approximate surface area is 98.3 Å². The molecule has 2 aromatic rings. The fraction of sp³-hybridized carbons (Fsp3) is 0.231. The predicted molar refractivity (Wildman–Crippen MR) is 64.5 cm³/mol. The zero-order chi connectivity index (χ0) is 12.6. The average Bonchev–Trinajstić information content (AvgIpc) is 2.27. The van der Waals surface area contributed by atoms with Crippen molar-refractivity contribution in [3.8, 4) is 11.3 Å². The summed E-state index contributed by atoms with van der Waals surface area (Å²) in [6, 6.07) is 4.64. The lowest BCUT2D eigenvalue weighted by atomic mass is 10.1. The SMILES string of the molecule is Cc1ccc(F)c(-c2nc(C)c(C)[nH]c2=O)c1. The molecule has 0 unspecified atom stereocenters. The summed E-state index contributed by atoms with van der Waals surface area (Å²) in [6.45, 7) is 5.39. The maximum absolute atomic E-state index is 13.7. The summed E-state index contributed by atoms with van der Waals surface area (Å²) in [5.41, 5.74) is 2.30. The molecule has 0 aliphatic heterocycles. The van der Waals surface area contributed by atoms with Gasteiger partial charge in [0.05, 0.1) is 5.69 Å². The minimum atomic E-state index is -0.433. The van der Waals surface area contributed by atoms with Crippen LogP contribution in [0.4, 0.5) is 4.39 Å². The van der Waals surface area contributed by atoms with Gasteiger partial charge in [0.2, 0.25) is 0 Å². The lowest BCUT2D eigenvalue weighted by molar-refractivity contribution is 0.630. The summed E-state index contributed by atoms with van der Waals surface area (Å²) < 4.78 is 13.7. The second-order valence-electron chi connectivity index (χ2n) is 4.11. The molecular formula is C13H13FN2O. The van der Waals surface area contributed by atoms with E-state index in [1.165, 1.54) is 6.07 Å². The van der Waals surface area contributed by atoms with Gasteiger partial charge in [-0.2, -0.15) is 0 Å². The highest BCUT2D eigenvalue weighted by atomic mass is 19.1. The summed E-state index contributed by atoms with van der Waals surface area (Å²) in [4.78, 5) is 18.6. The topological polar surface area (TPSA) is 45.8 Å². The number of aromatic nitrogens is 2. The van der Waals surface area contributed by atoms with Crippen molar-refractivity contribution in [2.75, 3.05) is 0 Å². The maximum Gasteiger partial charge on any atom is 0.274 e. The normalized spacial score (nSPS) is 10.6. The monoisotopic (exact) mass is 232 g/mol. The van der Waals surface area contributed by atoms with Crippen LogP contribution in [-0.4, -0.2) is 9.97 Å². The highest BCUT2D eigenvalue weighted by Crippen LogP contribution is 2.19. The Hall–Kier alpha value is -1.97. The van der Waals surface area contributed by atoms with Gasteiger partial charge in [-0.1, -0.05) is 11.6 Å². The summed E-state index contributed by atoms with van der Waals surface area (Å²) in [7, 11) is 0. The summed E-state index contributed by atoms with van der Waals surface area (Å²) in [5.74, 6) is -0.433. The van der Waals surface area contributed by atoms with E-state index in [1.807, 2.05) is 6.92 Å². The number of hydrogen-bond acceptors (Lipinski definition) is 2. The van der Waals surface area contributed by atoms with Crippen LogP contribution in [0, 0.1) is 26.6 Å². The summed E-state index contributed by atoms with van der Waals surface area (Å²) in [5, 5.41) is 0. The molecule has 1 aromatic heterocycles. The molecule has 0 saturated carbocycles. The molecule has 0 amide bonds. The van der Waals surface area contributed by atoms with Gasteiger partial charge >= 0.3 is 0 Å². The Morgan fingerprint density at radius 2 is 1.94 bits per heavy atom. The van der Waals surface area contributed by atoms with E-state index in [0.717, 1.165) is 5.56 Å². The number of benzene rings is 1. The minimum absolute atomic E-state index is 0.134. The van der Waals surface area contributed by atoms with E-state index in [0.29, 0.717) is 11.4 Å². The van der Waals surface area contributed by atoms with Gasteiger partial charge in [-0.15, -0.1) is 0 Å². The number of rotatable bonds is 1. The standard InChI is InChI=1S/C13H13FN2O/c1-7-4-5-11(14)10(6-7)12-13(17)16-9(3)8(2)15-12/h4-6H,1-3H3,(H,16,17). The van der Waals surface area contributed by atoms with Crippen molar-refractivity contribution in [1.29, 1.82) is 0 Å². The number of hydrogen-bond donors (Lipinski definition) is 1. The van der Waals surface area contributed by atoms with Gasteiger partial charge in [0.15, 0.2) is 0 Å². The zero-order valence-electron chi connectivity index (χ0n) is 9.97. The molecule has 17 heavy (non-hydrogen) atoms. The molecule has 0 bridgehead atoms. The van der Waals surface area contributed by atoms with Crippen LogP contribution in [0.3, 0.4) is 0 Å². The second-order valence-corrected chi connectivity index (χ2v) is 4.11. The molecule has 4 heteroatoms. The fourth-order valence-electron chi connectivity index (χ4n) is 1.63. The highest BCUT2D eigenvalue weighted by Gasteiger charge is 2.12. The van der Waals surface area contributed by atoms with E-state index in [2.05, 4.69) is 9.97 Å². The number of aryl methyl sites for hydroxylation is 3. The maximum atomic E-state index is 13.7. The first-order valence-corrected chi connectivity index (χ1v) is 5.33. The van der Waals surface area contributed by atoms with E-state index >= 15 is 0 Å². The third-order valence-electron chi connectivity index (χ3n) is 2.72. The molecule has 0 aliphatic rings. The number of halogens is 1. The molecular weight excluding hydrogens is 219 g/mol. The van der Waals surface area contributed by atoms with Crippen LogP contribution >= 0.6 is 0 Å². The van der Waals surface area contributed by atoms with Crippen LogP contribution in [0.25, 0.3) is 11.3 Å². The van der Waals surface area contributed by atoms with Crippen LogP contribution < -0.4 is 5.56 Å². The van der Waals surface area contributed by atoms with E-state index in [4.69, 9.17) is 0 Å². The number of H-pyrrole nitrogens is 1. The average molecular weight is 232 g/mol. The Bertz CT molecular complexity index is 632. The lowest BCUT2D eigenvalue weighted by Crippen LogP contribution is -2.15.